The van der Waals surface area contributed by atoms with E-state index in [0.29, 0.717) is 30.5 Å². The van der Waals surface area contributed by atoms with Gasteiger partial charge in [0.15, 0.2) is 11.6 Å². The van der Waals surface area contributed by atoms with E-state index in [-0.39, 0.29) is 17.6 Å². The van der Waals surface area contributed by atoms with E-state index in [1.165, 1.54) is 17.4 Å². The Morgan fingerprint density at radius 2 is 2.19 bits per heavy atom. The molecule has 138 valence electrons. The van der Waals surface area contributed by atoms with E-state index in [9.17, 15) is 9.18 Å². The molecule has 3 aromatic rings. The van der Waals surface area contributed by atoms with Crippen LogP contribution < -0.4 is 4.74 Å². The van der Waals surface area contributed by atoms with Crippen molar-refractivity contribution in [1.82, 2.24) is 19.9 Å². The van der Waals surface area contributed by atoms with E-state index in [2.05, 4.69) is 15.0 Å². The molecule has 1 aromatic carbocycles. The molecule has 1 atom stereocenters. The zero-order chi connectivity index (χ0) is 18.8. The van der Waals surface area contributed by atoms with E-state index < -0.39 is 5.82 Å². The number of halogens is 1. The van der Waals surface area contributed by atoms with Crippen LogP contribution >= 0.6 is 11.3 Å². The van der Waals surface area contributed by atoms with Gasteiger partial charge in [-0.05, 0) is 25.5 Å². The van der Waals surface area contributed by atoms with E-state index >= 15 is 0 Å². The summed E-state index contributed by atoms with van der Waals surface area (Å²) >= 11 is 1.40. The highest BCUT2D eigenvalue weighted by Crippen LogP contribution is 2.29. The summed E-state index contributed by atoms with van der Waals surface area (Å²) in [5, 5.41) is 1.75. The molecule has 1 aliphatic heterocycles. The normalized spacial score (nSPS) is 16.5. The fraction of sp³-hybridized carbons (Fsp3) is 0.263. The molecule has 1 amide bonds. The van der Waals surface area contributed by atoms with Crippen LogP contribution in [-0.2, 0) is 0 Å². The maximum absolute atomic E-state index is 13.8. The molecule has 0 spiro atoms. The van der Waals surface area contributed by atoms with Crippen molar-refractivity contribution >= 4 is 17.2 Å². The van der Waals surface area contributed by atoms with Gasteiger partial charge in [-0.15, -0.1) is 11.3 Å². The SMILES string of the molecule is Cc1cc(Oc2ccccc2F)nc([C@H]2CCN(C(=O)c3cscn3)C2)n1. The van der Waals surface area contributed by atoms with Crippen LogP contribution in [0.2, 0.25) is 0 Å². The Morgan fingerprint density at radius 1 is 1.33 bits per heavy atom. The second-order valence-corrected chi connectivity index (χ2v) is 7.07. The summed E-state index contributed by atoms with van der Waals surface area (Å²) in [5.74, 6) is 0.510. The zero-order valence-corrected chi connectivity index (χ0v) is 15.4. The van der Waals surface area contributed by atoms with Gasteiger partial charge in [-0.3, -0.25) is 4.79 Å². The van der Waals surface area contributed by atoms with Crippen molar-refractivity contribution in [2.75, 3.05) is 13.1 Å². The van der Waals surface area contributed by atoms with Gasteiger partial charge in [0.05, 0.1) is 5.51 Å². The number of ether oxygens (including phenoxy) is 1. The number of hydrogen-bond acceptors (Lipinski definition) is 6. The predicted molar refractivity (Wildman–Crippen MR) is 98.6 cm³/mol. The standard InChI is InChI=1S/C19H17FN4O2S/c1-12-8-17(26-16-5-3-2-4-14(16)20)23-18(22-12)13-6-7-24(9-13)19(25)15-10-27-11-21-15/h2-5,8,10-11,13H,6-7,9H2,1H3/t13-/m0/s1. The van der Waals surface area contributed by atoms with Gasteiger partial charge in [0.25, 0.3) is 5.91 Å². The fourth-order valence-electron chi connectivity index (χ4n) is 3.07. The Morgan fingerprint density at radius 3 is 2.96 bits per heavy atom. The number of thiazole rings is 1. The molecule has 8 heteroatoms. The summed E-state index contributed by atoms with van der Waals surface area (Å²) in [4.78, 5) is 27.3. The first-order chi connectivity index (χ1) is 13.1. The Kier molecular flexibility index (Phi) is 4.81. The van der Waals surface area contributed by atoms with Crippen LogP contribution in [0.5, 0.6) is 11.6 Å². The topological polar surface area (TPSA) is 68.2 Å². The summed E-state index contributed by atoms with van der Waals surface area (Å²) in [7, 11) is 0. The monoisotopic (exact) mass is 384 g/mol. The minimum Gasteiger partial charge on any atom is -0.436 e. The molecule has 0 N–H and O–H groups in total. The highest BCUT2D eigenvalue weighted by molar-refractivity contribution is 7.07. The van der Waals surface area contributed by atoms with E-state index in [1.54, 1.807) is 40.1 Å². The first-order valence-electron chi connectivity index (χ1n) is 8.55. The quantitative estimate of drug-likeness (QED) is 0.684. The number of hydrogen-bond donors (Lipinski definition) is 0. The number of aromatic nitrogens is 3. The second kappa shape index (κ2) is 7.40. The lowest BCUT2D eigenvalue weighted by Crippen LogP contribution is -2.28. The number of para-hydroxylation sites is 1. The van der Waals surface area contributed by atoms with Gasteiger partial charge >= 0.3 is 0 Å². The summed E-state index contributed by atoms with van der Waals surface area (Å²) in [6.07, 6.45) is 0.762. The van der Waals surface area contributed by atoms with Crippen molar-refractivity contribution in [1.29, 1.82) is 0 Å². The van der Waals surface area contributed by atoms with Crippen molar-refractivity contribution < 1.29 is 13.9 Å². The molecule has 0 bridgehead atoms. The molecule has 1 fully saturated rings. The van der Waals surface area contributed by atoms with Crippen LogP contribution in [0.15, 0.2) is 41.2 Å². The Bertz CT molecular complexity index is 964. The van der Waals surface area contributed by atoms with Crippen LogP contribution in [0.25, 0.3) is 0 Å². The average molecular weight is 384 g/mol. The van der Waals surface area contributed by atoms with Crippen molar-refractivity contribution in [2.45, 2.75) is 19.3 Å². The molecule has 0 saturated carbocycles. The van der Waals surface area contributed by atoms with Crippen LogP contribution in [0.1, 0.15) is 34.3 Å². The number of likely N-dealkylation sites (tertiary alicyclic amines) is 1. The number of aryl methyl sites for hydroxylation is 1. The molecule has 4 rings (SSSR count). The molecular weight excluding hydrogens is 367 g/mol. The van der Waals surface area contributed by atoms with Gasteiger partial charge in [-0.25, -0.2) is 14.4 Å². The lowest BCUT2D eigenvalue weighted by molar-refractivity contribution is 0.0785. The van der Waals surface area contributed by atoms with Gasteiger partial charge in [0, 0.05) is 36.1 Å². The summed E-state index contributed by atoms with van der Waals surface area (Å²) in [6.45, 7) is 2.99. The molecular formula is C19H17FN4O2S. The number of carbonyl (C=O) groups excluding carboxylic acids is 1. The third kappa shape index (κ3) is 3.80. The minimum absolute atomic E-state index is 0.00968. The van der Waals surface area contributed by atoms with Crippen molar-refractivity contribution in [2.24, 2.45) is 0 Å². The molecule has 27 heavy (non-hydrogen) atoms. The van der Waals surface area contributed by atoms with E-state index in [1.807, 2.05) is 6.92 Å². The van der Waals surface area contributed by atoms with Crippen molar-refractivity contribution in [3.63, 3.8) is 0 Å². The first kappa shape index (κ1) is 17.5. The lowest BCUT2D eigenvalue weighted by Gasteiger charge is -2.15. The summed E-state index contributed by atoms with van der Waals surface area (Å²) in [6, 6.07) is 7.86. The molecule has 0 radical (unpaired) electrons. The average Bonchev–Trinajstić information content (AvgIpc) is 3.35. The van der Waals surface area contributed by atoms with Crippen molar-refractivity contribution in [3.05, 3.63) is 64.3 Å². The van der Waals surface area contributed by atoms with E-state index in [4.69, 9.17) is 4.74 Å². The van der Waals surface area contributed by atoms with Gasteiger partial charge in [-0.1, -0.05) is 12.1 Å². The maximum Gasteiger partial charge on any atom is 0.273 e. The second-order valence-electron chi connectivity index (χ2n) is 6.35. The van der Waals surface area contributed by atoms with Gasteiger partial charge < -0.3 is 9.64 Å². The lowest BCUT2D eigenvalue weighted by atomic mass is 10.1. The molecule has 6 nitrogen and oxygen atoms in total. The maximum atomic E-state index is 13.8. The third-order valence-corrected chi connectivity index (χ3v) is 4.98. The van der Waals surface area contributed by atoms with Crippen LogP contribution in [0, 0.1) is 12.7 Å². The Labute approximate surface area is 159 Å². The van der Waals surface area contributed by atoms with Gasteiger partial charge in [0.2, 0.25) is 5.88 Å². The van der Waals surface area contributed by atoms with Crippen LogP contribution in [0.3, 0.4) is 0 Å². The van der Waals surface area contributed by atoms with Crippen LogP contribution in [-0.4, -0.2) is 38.8 Å². The van der Waals surface area contributed by atoms with Gasteiger partial charge in [0.1, 0.15) is 11.5 Å². The van der Waals surface area contributed by atoms with Crippen LogP contribution in [0.4, 0.5) is 4.39 Å². The number of carbonyl (C=O) groups is 1. The number of nitrogens with zero attached hydrogens (tertiary/aromatic N) is 4. The number of rotatable bonds is 4. The molecule has 0 unspecified atom stereocenters. The summed E-state index contributed by atoms with van der Waals surface area (Å²) < 4.78 is 19.4. The zero-order valence-electron chi connectivity index (χ0n) is 14.6. The fourth-order valence-corrected chi connectivity index (χ4v) is 3.60. The largest absolute Gasteiger partial charge is 0.436 e. The predicted octanol–water partition coefficient (Wildman–Crippen LogP) is 3.80. The molecule has 1 aliphatic rings. The highest BCUT2D eigenvalue weighted by Gasteiger charge is 2.30. The molecule has 2 aromatic heterocycles. The minimum atomic E-state index is -0.448. The number of amides is 1. The van der Waals surface area contributed by atoms with Gasteiger partial charge in [-0.2, -0.15) is 4.98 Å². The van der Waals surface area contributed by atoms with E-state index in [0.717, 1.165) is 12.1 Å². The van der Waals surface area contributed by atoms with Crippen molar-refractivity contribution in [3.8, 4) is 11.6 Å². The highest BCUT2D eigenvalue weighted by atomic mass is 32.1. The Balaban J connectivity index is 1.52. The number of benzene rings is 1. The summed E-state index contributed by atoms with van der Waals surface area (Å²) in [5.41, 5.74) is 2.85. The third-order valence-electron chi connectivity index (χ3n) is 4.39. The first-order valence-corrected chi connectivity index (χ1v) is 9.50. The Hall–Kier alpha value is -2.87. The molecule has 3 heterocycles. The molecule has 0 aliphatic carbocycles. The smallest absolute Gasteiger partial charge is 0.273 e. The molecule has 1 saturated heterocycles.